The van der Waals surface area contributed by atoms with E-state index in [0.29, 0.717) is 0 Å². The van der Waals surface area contributed by atoms with Gasteiger partial charge >= 0.3 is 6.16 Å². The molecule has 0 aromatic rings. The van der Waals surface area contributed by atoms with Crippen LogP contribution in [0.3, 0.4) is 0 Å². The minimum atomic E-state index is -1.14. The fourth-order valence-corrected chi connectivity index (χ4v) is 2.12. The Hall–Kier alpha value is -0.730. The van der Waals surface area contributed by atoms with Crippen molar-refractivity contribution in [3.8, 4) is 0 Å². The van der Waals surface area contributed by atoms with E-state index in [9.17, 15) is 4.79 Å². The van der Waals surface area contributed by atoms with Crippen LogP contribution in [0.15, 0.2) is 0 Å². The van der Waals surface area contributed by atoms with Crippen molar-refractivity contribution in [2.24, 2.45) is 5.41 Å². The zero-order valence-electron chi connectivity index (χ0n) is 8.59. The molecule has 1 saturated carbocycles. The third kappa shape index (κ3) is 1.95. The molecule has 0 bridgehead atoms. The summed E-state index contributed by atoms with van der Waals surface area (Å²) >= 11 is 0. The first-order chi connectivity index (χ1) is 5.87. The molecular weight excluding hydrogens is 168 g/mol. The van der Waals surface area contributed by atoms with Gasteiger partial charge in [0.15, 0.2) is 0 Å². The Morgan fingerprint density at radius 1 is 1.31 bits per heavy atom. The molecule has 1 aliphatic rings. The molecule has 76 valence electrons. The highest BCUT2D eigenvalue weighted by atomic mass is 16.7. The first-order valence-electron chi connectivity index (χ1n) is 4.79. The SMILES string of the molecule is CC(C)(C)C1(OC(=O)O)CCCC1. The predicted molar refractivity (Wildman–Crippen MR) is 49.8 cm³/mol. The van der Waals surface area contributed by atoms with Crippen LogP contribution in [0.25, 0.3) is 0 Å². The van der Waals surface area contributed by atoms with Crippen LogP contribution in [0, 0.1) is 5.41 Å². The molecule has 0 heterocycles. The molecule has 1 rings (SSSR count). The molecule has 0 aromatic carbocycles. The van der Waals surface area contributed by atoms with Gasteiger partial charge in [0, 0.05) is 5.41 Å². The molecule has 0 aliphatic heterocycles. The fourth-order valence-electron chi connectivity index (χ4n) is 2.12. The topological polar surface area (TPSA) is 46.5 Å². The van der Waals surface area contributed by atoms with Gasteiger partial charge in [-0.1, -0.05) is 20.8 Å². The summed E-state index contributed by atoms with van der Waals surface area (Å²) in [6.45, 7) is 6.13. The van der Waals surface area contributed by atoms with Gasteiger partial charge in [-0.3, -0.25) is 0 Å². The number of hydrogen-bond donors (Lipinski definition) is 1. The molecule has 0 atom stereocenters. The van der Waals surface area contributed by atoms with E-state index < -0.39 is 11.8 Å². The third-order valence-electron chi connectivity index (χ3n) is 3.06. The average Bonchev–Trinajstić information content (AvgIpc) is 2.33. The Morgan fingerprint density at radius 3 is 2.08 bits per heavy atom. The normalized spacial score (nSPS) is 21.5. The number of rotatable bonds is 1. The minimum Gasteiger partial charge on any atom is -0.450 e. The summed E-state index contributed by atoms with van der Waals surface area (Å²) in [5.41, 5.74) is -0.541. The van der Waals surface area contributed by atoms with Crippen molar-refractivity contribution in [3.05, 3.63) is 0 Å². The highest BCUT2D eigenvalue weighted by molar-refractivity contribution is 5.57. The summed E-state index contributed by atoms with van der Waals surface area (Å²) in [6.07, 6.45) is 2.73. The first-order valence-corrected chi connectivity index (χ1v) is 4.79. The van der Waals surface area contributed by atoms with Crippen molar-refractivity contribution in [3.63, 3.8) is 0 Å². The van der Waals surface area contributed by atoms with Crippen LogP contribution >= 0.6 is 0 Å². The van der Waals surface area contributed by atoms with E-state index in [1.807, 2.05) is 20.8 Å². The predicted octanol–water partition coefficient (Wildman–Crippen LogP) is 3.04. The van der Waals surface area contributed by atoms with E-state index in [1.54, 1.807) is 0 Å². The molecule has 0 unspecified atom stereocenters. The second-order valence-electron chi connectivity index (χ2n) is 4.82. The van der Waals surface area contributed by atoms with Crippen molar-refractivity contribution in [2.75, 3.05) is 0 Å². The van der Waals surface area contributed by atoms with Gasteiger partial charge < -0.3 is 9.84 Å². The van der Waals surface area contributed by atoms with Crippen LogP contribution < -0.4 is 0 Å². The van der Waals surface area contributed by atoms with Gasteiger partial charge in [0.2, 0.25) is 0 Å². The van der Waals surface area contributed by atoms with Crippen LogP contribution in [0.1, 0.15) is 46.5 Å². The Kier molecular flexibility index (Phi) is 2.55. The molecule has 1 N–H and O–H groups in total. The van der Waals surface area contributed by atoms with Crippen molar-refractivity contribution in [1.82, 2.24) is 0 Å². The molecule has 0 saturated heterocycles. The van der Waals surface area contributed by atoms with Crippen LogP contribution in [-0.4, -0.2) is 16.9 Å². The van der Waals surface area contributed by atoms with E-state index in [4.69, 9.17) is 9.84 Å². The van der Waals surface area contributed by atoms with Crippen molar-refractivity contribution in [2.45, 2.75) is 52.1 Å². The first kappa shape index (κ1) is 10.4. The molecule has 0 spiro atoms. The molecule has 0 radical (unpaired) electrons. The van der Waals surface area contributed by atoms with Gasteiger partial charge in [0.25, 0.3) is 0 Å². The van der Waals surface area contributed by atoms with Gasteiger partial charge in [-0.05, 0) is 25.7 Å². The fraction of sp³-hybridized carbons (Fsp3) is 0.900. The molecule has 1 aliphatic carbocycles. The second kappa shape index (κ2) is 3.20. The van der Waals surface area contributed by atoms with E-state index in [0.717, 1.165) is 25.7 Å². The van der Waals surface area contributed by atoms with Gasteiger partial charge in [-0.15, -0.1) is 0 Å². The summed E-state index contributed by atoms with van der Waals surface area (Å²) < 4.78 is 5.08. The van der Waals surface area contributed by atoms with Crippen molar-refractivity contribution in [1.29, 1.82) is 0 Å². The number of carbonyl (C=O) groups is 1. The van der Waals surface area contributed by atoms with E-state index in [1.165, 1.54) is 0 Å². The van der Waals surface area contributed by atoms with Gasteiger partial charge in [0.05, 0.1) is 0 Å². The maximum Gasteiger partial charge on any atom is 0.506 e. The summed E-state index contributed by atoms with van der Waals surface area (Å²) in [4.78, 5) is 10.6. The van der Waals surface area contributed by atoms with Crippen LogP contribution in [0.5, 0.6) is 0 Å². The maximum absolute atomic E-state index is 10.6. The minimum absolute atomic E-state index is 0.0953. The third-order valence-corrected chi connectivity index (χ3v) is 3.06. The average molecular weight is 186 g/mol. The van der Waals surface area contributed by atoms with E-state index in [2.05, 4.69) is 0 Å². The van der Waals surface area contributed by atoms with E-state index >= 15 is 0 Å². The zero-order chi connectivity index (χ0) is 10.1. The smallest absolute Gasteiger partial charge is 0.450 e. The molecule has 13 heavy (non-hydrogen) atoms. The molecular formula is C10H18O3. The standard InChI is InChI=1S/C10H18O3/c1-9(2,3)10(13-8(11)12)6-4-5-7-10/h4-7H2,1-3H3,(H,11,12). The van der Waals surface area contributed by atoms with Crippen LogP contribution in [0.2, 0.25) is 0 Å². The lowest BCUT2D eigenvalue weighted by atomic mass is 9.75. The van der Waals surface area contributed by atoms with E-state index in [-0.39, 0.29) is 5.41 Å². The quantitative estimate of drug-likeness (QED) is 0.640. The van der Waals surface area contributed by atoms with Gasteiger partial charge in [0.1, 0.15) is 5.60 Å². The summed E-state index contributed by atoms with van der Waals surface area (Å²) in [6, 6.07) is 0. The monoisotopic (exact) mass is 186 g/mol. The number of hydrogen-bond acceptors (Lipinski definition) is 2. The van der Waals surface area contributed by atoms with Crippen LogP contribution in [0.4, 0.5) is 4.79 Å². The lowest BCUT2D eigenvalue weighted by Gasteiger charge is -2.40. The largest absolute Gasteiger partial charge is 0.506 e. The molecule has 1 fully saturated rings. The summed E-state index contributed by atoms with van der Waals surface area (Å²) in [5.74, 6) is 0. The highest BCUT2D eigenvalue weighted by Gasteiger charge is 2.47. The van der Waals surface area contributed by atoms with Crippen molar-refractivity contribution >= 4 is 6.16 Å². The van der Waals surface area contributed by atoms with Crippen LogP contribution in [-0.2, 0) is 4.74 Å². The number of ether oxygens (including phenoxy) is 1. The Labute approximate surface area is 79.1 Å². The molecule has 0 aromatic heterocycles. The number of carboxylic acid groups (broad SMARTS) is 1. The van der Waals surface area contributed by atoms with Gasteiger partial charge in [-0.25, -0.2) is 4.79 Å². The Balaban J connectivity index is 2.81. The second-order valence-corrected chi connectivity index (χ2v) is 4.82. The molecule has 3 heteroatoms. The zero-order valence-corrected chi connectivity index (χ0v) is 8.59. The Morgan fingerprint density at radius 2 is 1.77 bits per heavy atom. The lowest BCUT2D eigenvalue weighted by molar-refractivity contribution is -0.0816. The van der Waals surface area contributed by atoms with Gasteiger partial charge in [-0.2, -0.15) is 0 Å². The Bertz CT molecular complexity index is 197. The lowest BCUT2D eigenvalue weighted by Crippen LogP contribution is -2.44. The van der Waals surface area contributed by atoms with Crippen molar-refractivity contribution < 1.29 is 14.6 Å². The molecule has 0 amide bonds. The summed E-state index contributed by atoms with van der Waals surface area (Å²) in [7, 11) is 0. The highest BCUT2D eigenvalue weighted by Crippen LogP contribution is 2.46. The molecule has 3 nitrogen and oxygen atoms in total. The maximum atomic E-state index is 10.6. The summed E-state index contributed by atoms with van der Waals surface area (Å²) in [5, 5.41) is 8.68.